The monoisotopic (exact) mass is 349 g/mol. The number of hydrogen-bond donors (Lipinski definition) is 1. The smallest absolute Gasteiger partial charge is 0.419 e. The van der Waals surface area contributed by atoms with E-state index in [-0.39, 0.29) is 25.4 Å². The van der Waals surface area contributed by atoms with Gasteiger partial charge < -0.3 is 19.4 Å². The first kappa shape index (κ1) is 18.2. The van der Waals surface area contributed by atoms with Crippen LogP contribution >= 0.6 is 0 Å². The maximum atomic E-state index is 11.8. The molecular weight excluding hydrogens is 330 g/mol. The molecule has 0 aliphatic carbocycles. The Kier molecular flexibility index (Phi) is 5.93. The van der Waals surface area contributed by atoms with Crippen molar-refractivity contribution in [2.24, 2.45) is 0 Å². The third-order valence-electron chi connectivity index (χ3n) is 3.56. The largest absolute Gasteiger partial charge is 0.456 e. The maximum Gasteiger partial charge on any atom is 0.419 e. The van der Waals surface area contributed by atoms with Crippen LogP contribution in [0.4, 0.5) is 0 Å². The average molecular weight is 349 g/mol. The van der Waals surface area contributed by atoms with E-state index in [4.69, 9.17) is 9.15 Å². The van der Waals surface area contributed by atoms with Gasteiger partial charge in [0.1, 0.15) is 0 Å². The van der Waals surface area contributed by atoms with E-state index in [1.54, 1.807) is 24.3 Å². The Hall–Kier alpha value is -3.10. The fourth-order valence-corrected chi connectivity index (χ4v) is 2.14. The van der Waals surface area contributed by atoms with E-state index in [2.05, 4.69) is 5.32 Å². The summed E-state index contributed by atoms with van der Waals surface area (Å²) in [5, 5.41) is 2.39. The number of esters is 1. The van der Waals surface area contributed by atoms with Gasteiger partial charge in [0, 0.05) is 20.6 Å². The molecule has 1 N–H and O–H groups in total. The number of nitrogens with one attached hydrogen (secondary N) is 1. The summed E-state index contributed by atoms with van der Waals surface area (Å²) in [6.07, 6.45) is -0.0874. The normalized spacial score (nSPS) is 10.5. The molecule has 0 saturated heterocycles. The van der Waals surface area contributed by atoms with Crippen LogP contribution in [0.5, 0.6) is 0 Å². The van der Waals surface area contributed by atoms with Gasteiger partial charge in [-0.25, -0.2) is 4.79 Å². The molecule has 2 amide bonds. The van der Waals surface area contributed by atoms with Crippen molar-refractivity contribution in [2.75, 3.05) is 27.2 Å². The number of aryl methyl sites for hydroxylation is 1. The van der Waals surface area contributed by atoms with Crippen molar-refractivity contribution in [3.05, 3.63) is 34.8 Å². The zero-order valence-corrected chi connectivity index (χ0v) is 14.0. The number of ether oxygens (including phenoxy) is 1. The van der Waals surface area contributed by atoms with Crippen LogP contribution in [0.25, 0.3) is 11.1 Å². The summed E-state index contributed by atoms with van der Waals surface area (Å²) >= 11 is 0. The molecule has 0 unspecified atom stereocenters. The molecule has 0 saturated carbocycles. The summed E-state index contributed by atoms with van der Waals surface area (Å²) < 4.78 is 11.3. The SMILES string of the molecule is CNC(=O)CN(C)C(=O)COC(=O)CCn1c(=O)oc2ccccc21. The van der Waals surface area contributed by atoms with E-state index < -0.39 is 24.2 Å². The van der Waals surface area contributed by atoms with Gasteiger partial charge >= 0.3 is 11.7 Å². The summed E-state index contributed by atoms with van der Waals surface area (Å²) in [5.41, 5.74) is 1.02. The highest BCUT2D eigenvalue weighted by Crippen LogP contribution is 2.12. The first-order valence-corrected chi connectivity index (χ1v) is 7.61. The van der Waals surface area contributed by atoms with Crippen molar-refractivity contribution in [2.45, 2.75) is 13.0 Å². The van der Waals surface area contributed by atoms with Crippen molar-refractivity contribution < 1.29 is 23.5 Å². The van der Waals surface area contributed by atoms with E-state index in [1.165, 1.54) is 18.7 Å². The van der Waals surface area contributed by atoms with Gasteiger partial charge in [-0.1, -0.05) is 12.1 Å². The standard InChI is InChI=1S/C16H19N3O6/c1-17-13(20)9-18(2)14(21)10-24-15(22)7-8-19-11-5-3-4-6-12(11)25-16(19)23/h3-6H,7-10H2,1-2H3,(H,17,20). The number of oxazole rings is 1. The third kappa shape index (κ3) is 4.69. The summed E-state index contributed by atoms with van der Waals surface area (Å²) in [7, 11) is 2.89. The van der Waals surface area contributed by atoms with Crippen LogP contribution in [0, 0.1) is 0 Å². The fourth-order valence-electron chi connectivity index (χ4n) is 2.14. The van der Waals surface area contributed by atoms with E-state index in [0.29, 0.717) is 11.1 Å². The average Bonchev–Trinajstić information content (AvgIpc) is 2.92. The Balaban J connectivity index is 1.84. The van der Waals surface area contributed by atoms with Gasteiger partial charge in [0.15, 0.2) is 12.2 Å². The van der Waals surface area contributed by atoms with Gasteiger partial charge in [0.2, 0.25) is 5.91 Å². The van der Waals surface area contributed by atoms with E-state index in [0.717, 1.165) is 4.90 Å². The lowest BCUT2D eigenvalue weighted by molar-refractivity contribution is -0.152. The Bertz CT molecular complexity index is 838. The Morgan fingerprint density at radius 1 is 1.28 bits per heavy atom. The van der Waals surface area contributed by atoms with Crippen LogP contribution in [-0.2, 0) is 25.7 Å². The number of carbonyl (C=O) groups is 3. The molecule has 134 valence electrons. The van der Waals surface area contributed by atoms with Gasteiger partial charge in [0.05, 0.1) is 18.5 Å². The number of likely N-dealkylation sites (N-methyl/N-ethyl adjacent to an activating group) is 2. The molecule has 9 nitrogen and oxygen atoms in total. The summed E-state index contributed by atoms with van der Waals surface area (Å²) in [5.74, 6) is -2.01. The van der Waals surface area contributed by atoms with Crippen molar-refractivity contribution in [3.63, 3.8) is 0 Å². The lowest BCUT2D eigenvalue weighted by Crippen LogP contribution is -2.39. The summed E-state index contributed by atoms with van der Waals surface area (Å²) in [4.78, 5) is 47.7. The van der Waals surface area contributed by atoms with Crippen LogP contribution in [0.2, 0.25) is 0 Å². The summed E-state index contributed by atoms with van der Waals surface area (Å²) in [6, 6.07) is 6.87. The molecule has 9 heteroatoms. The molecule has 0 radical (unpaired) electrons. The Morgan fingerprint density at radius 3 is 2.72 bits per heavy atom. The second-order valence-corrected chi connectivity index (χ2v) is 5.32. The number of rotatable bonds is 7. The van der Waals surface area contributed by atoms with Gasteiger partial charge in [-0.3, -0.25) is 19.0 Å². The van der Waals surface area contributed by atoms with Crippen LogP contribution in [0.3, 0.4) is 0 Å². The zero-order chi connectivity index (χ0) is 18.4. The molecule has 2 rings (SSSR count). The predicted octanol–water partition coefficient (Wildman–Crippen LogP) is -0.268. The van der Waals surface area contributed by atoms with Crippen molar-refractivity contribution >= 4 is 28.9 Å². The molecule has 1 heterocycles. The summed E-state index contributed by atoms with van der Waals surface area (Å²) in [6.45, 7) is -0.506. The van der Waals surface area contributed by atoms with Crippen molar-refractivity contribution in [1.82, 2.24) is 14.8 Å². The van der Waals surface area contributed by atoms with Crippen molar-refractivity contribution in [3.8, 4) is 0 Å². The molecule has 1 aromatic heterocycles. The van der Waals surface area contributed by atoms with E-state index in [1.807, 2.05) is 0 Å². The third-order valence-corrected chi connectivity index (χ3v) is 3.56. The minimum absolute atomic E-state index is 0.0803. The minimum atomic E-state index is -0.626. The topological polar surface area (TPSA) is 111 Å². The number of benzene rings is 1. The van der Waals surface area contributed by atoms with Gasteiger partial charge in [-0.05, 0) is 12.1 Å². The Labute approximate surface area is 143 Å². The number of para-hydroxylation sites is 2. The number of aromatic nitrogens is 1. The maximum absolute atomic E-state index is 11.8. The predicted molar refractivity (Wildman–Crippen MR) is 87.8 cm³/mol. The number of hydrogen-bond acceptors (Lipinski definition) is 6. The highest BCUT2D eigenvalue weighted by molar-refractivity contribution is 5.86. The van der Waals surface area contributed by atoms with Gasteiger partial charge in [0.25, 0.3) is 5.91 Å². The molecule has 25 heavy (non-hydrogen) atoms. The molecule has 1 aromatic carbocycles. The highest BCUT2D eigenvalue weighted by Gasteiger charge is 2.15. The highest BCUT2D eigenvalue weighted by atomic mass is 16.5. The molecule has 0 fully saturated rings. The number of carbonyl (C=O) groups excluding carboxylic acids is 3. The van der Waals surface area contributed by atoms with Crippen LogP contribution < -0.4 is 11.1 Å². The molecule has 0 atom stereocenters. The molecular formula is C16H19N3O6. The number of nitrogens with zero attached hydrogens (tertiary/aromatic N) is 2. The number of amides is 2. The van der Waals surface area contributed by atoms with Crippen LogP contribution in [-0.4, -0.2) is 54.5 Å². The second-order valence-electron chi connectivity index (χ2n) is 5.32. The quantitative estimate of drug-likeness (QED) is 0.689. The first-order valence-electron chi connectivity index (χ1n) is 7.61. The molecule has 2 aromatic rings. The lowest BCUT2D eigenvalue weighted by atomic mass is 10.3. The van der Waals surface area contributed by atoms with Crippen molar-refractivity contribution in [1.29, 1.82) is 0 Å². The second kappa shape index (κ2) is 8.13. The van der Waals surface area contributed by atoms with E-state index >= 15 is 0 Å². The van der Waals surface area contributed by atoms with Gasteiger partial charge in [-0.2, -0.15) is 0 Å². The molecule has 0 aliphatic heterocycles. The minimum Gasteiger partial charge on any atom is -0.456 e. The van der Waals surface area contributed by atoms with Crippen LogP contribution in [0.15, 0.2) is 33.5 Å². The van der Waals surface area contributed by atoms with Crippen LogP contribution in [0.1, 0.15) is 6.42 Å². The molecule has 0 bridgehead atoms. The van der Waals surface area contributed by atoms with Gasteiger partial charge in [-0.15, -0.1) is 0 Å². The molecule has 0 aliphatic rings. The Morgan fingerprint density at radius 2 is 2.00 bits per heavy atom. The van der Waals surface area contributed by atoms with E-state index in [9.17, 15) is 19.2 Å². The fraction of sp³-hybridized carbons (Fsp3) is 0.375. The zero-order valence-electron chi connectivity index (χ0n) is 14.0. The molecule has 0 spiro atoms. The lowest BCUT2D eigenvalue weighted by Gasteiger charge is -2.15. The number of fused-ring (bicyclic) bond motifs is 1. The first-order chi connectivity index (χ1) is 11.9.